The molecule has 1 aromatic heterocycles. The van der Waals surface area contributed by atoms with E-state index in [1.807, 2.05) is 37.4 Å². The summed E-state index contributed by atoms with van der Waals surface area (Å²) in [6.45, 7) is 0. The SMILES string of the molecule is COC(=O)C(N)(CSc1nncn1C)c1ccccc1. The normalized spacial score (nSPS) is 13.8. The average molecular weight is 292 g/mol. The summed E-state index contributed by atoms with van der Waals surface area (Å²) in [5.41, 5.74) is 5.78. The van der Waals surface area contributed by atoms with E-state index in [4.69, 9.17) is 10.5 Å². The first-order valence-corrected chi connectivity index (χ1v) is 6.96. The largest absolute Gasteiger partial charge is 0.467 e. The highest BCUT2D eigenvalue weighted by Crippen LogP contribution is 2.27. The van der Waals surface area contributed by atoms with Crippen LogP contribution in [0.1, 0.15) is 5.56 Å². The van der Waals surface area contributed by atoms with Gasteiger partial charge in [0.15, 0.2) is 5.16 Å². The molecule has 1 aromatic carbocycles. The number of ether oxygens (including phenoxy) is 1. The molecule has 1 heterocycles. The summed E-state index contributed by atoms with van der Waals surface area (Å²) in [7, 11) is 3.17. The van der Waals surface area contributed by atoms with E-state index in [1.54, 1.807) is 10.9 Å². The Kier molecular flexibility index (Phi) is 4.41. The van der Waals surface area contributed by atoms with Crippen LogP contribution in [0.2, 0.25) is 0 Å². The lowest BCUT2D eigenvalue weighted by Crippen LogP contribution is -2.48. The molecule has 0 aliphatic carbocycles. The van der Waals surface area contributed by atoms with E-state index in [1.165, 1.54) is 18.9 Å². The topological polar surface area (TPSA) is 83.0 Å². The minimum Gasteiger partial charge on any atom is -0.467 e. The number of carbonyl (C=O) groups is 1. The molecule has 0 saturated heterocycles. The molecule has 2 aromatic rings. The third-order valence-corrected chi connectivity index (χ3v) is 4.16. The molecule has 7 heteroatoms. The summed E-state index contributed by atoms with van der Waals surface area (Å²) in [4.78, 5) is 12.1. The summed E-state index contributed by atoms with van der Waals surface area (Å²) in [6, 6.07) is 9.18. The number of methoxy groups -OCH3 is 1. The Hall–Kier alpha value is -1.86. The Morgan fingerprint density at radius 2 is 2.15 bits per heavy atom. The van der Waals surface area contributed by atoms with E-state index >= 15 is 0 Å². The van der Waals surface area contributed by atoms with E-state index in [2.05, 4.69) is 10.2 Å². The number of hydrogen-bond donors (Lipinski definition) is 1. The van der Waals surface area contributed by atoms with Crippen LogP contribution in [0.4, 0.5) is 0 Å². The molecule has 6 nitrogen and oxygen atoms in total. The molecule has 0 amide bonds. The van der Waals surface area contributed by atoms with Gasteiger partial charge in [0.2, 0.25) is 0 Å². The first-order valence-electron chi connectivity index (χ1n) is 5.97. The van der Waals surface area contributed by atoms with Crippen molar-refractivity contribution < 1.29 is 9.53 Å². The fraction of sp³-hybridized carbons (Fsp3) is 0.308. The van der Waals surface area contributed by atoms with Gasteiger partial charge in [-0.3, -0.25) is 0 Å². The summed E-state index contributed by atoms with van der Waals surface area (Å²) in [6.07, 6.45) is 1.60. The van der Waals surface area contributed by atoms with Crippen LogP contribution in [-0.2, 0) is 22.1 Å². The summed E-state index contributed by atoms with van der Waals surface area (Å²) in [5, 5.41) is 8.46. The van der Waals surface area contributed by atoms with Crippen LogP contribution < -0.4 is 5.73 Å². The predicted octanol–water partition coefficient (Wildman–Crippen LogP) is 0.934. The lowest BCUT2D eigenvalue weighted by atomic mass is 9.93. The lowest BCUT2D eigenvalue weighted by Gasteiger charge is -2.26. The zero-order valence-corrected chi connectivity index (χ0v) is 12.1. The van der Waals surface area contributed by atoms with Crippen LogP contribution in [0.3, 0.4) is 0 Å². The van der Waals surface area contributed by atoms with E-state index in [9.17, 15) is 4.79 Å². The van der Waals surface area contributed by atoms with E-state index < -0.39 is 11.5 Å². The Morgan fingerprint density at radius 3 is 2.70 bits per heavy atom. The van der Waals surface area contributed by atoms with Crippen LogP contribution in [0.5, 0.6) is 0 Å². The molecule has 0 saturated carbocycles. The molecule has 0 spiro atoms. The van der Waals surface area contributed by atoms with Crippen molar-refractivity contribution in [1.29, 1.82) is 0 Å². The lowest BCUT2D eigenvalue weighted by molar-refractivity contribution is -0.146. The second kappa shape index (κ2) is 6.06. The monoisotopic (exact) mass is 292 g/mol. The van der Waals surface area contributed by atoms with Crippen molar-refractivity contribution in [2.24, 2.45) is 12.8 Å². The number of nitrogens with zero attached hydrogens (tertiary/aromatic N) is 3. The van der Waals surface area contributed by atoms with Gasteiger partial charge in [0, 0.05) is 12.8 Å². The molecular weight excluding hydrogens is 276 g/mol. The second-order valence-corrected chi connectivity index (χ2v) is 5.28. The number of benzene rings is 1. The van der Waals surface area contributed by atoms with Crippen LogP contribution in [0.25, 0.3) is 0 Å². The third kappa shape index (κ3) is 2.83. The molecule has 0 bridgehead atoms. The average Bonchev–Trinajstić information content (AvgIpc) is 2.90. The quantitative estimate of drug-likeness (QED) is 0.652. The maximum absolute atomic E-state index is 12.1. The Balaban J connectivity index is 2.24. The van der Waals surface area contributed by atoms with Gasteiger partial charge in [-0.25, -0.2) is 4.79 Å². The molecule has 2 rings (SSSR count). The van der Waals surface area contributed by atoms with E-state index in [0.29, 0.717) is 16.5 Å². The summed E-state index contributed by atoms with van der Waals surface area (Å²) < 4.78 is 6.62. The fourth-order valence-electron chi connectivity index (χ4n) is 1.76. The number of esters is 1. The van der Waals surface area contributed by atoms with Gasteiger partial charge in [-0.1, -0.05) is 42.1 Å². The third-order valence-electron chi connectivity index (χ3n) is 2.94. The van der Waals surface area contributed by atoms with E-state index in [-0.39, 0.29) is 0 Å². The van der Waals surface area contributed by atoms with Gasteiger partial charge in [-0.2, -0.15) is 0 Å². The van der Waals surface area contributed by atoms with Crippen molar-refractivity contribution in [1.82, 2.24) is 14.8 Å². The number of thioether (sulfide) groups is 1. The standard InChI is InChI=1S/C13H16N4O2S/c1-17-9-15-16-12(17)20-8-13(14,11(18)19-2)10-6-4-3-5-7-10/h3-7,9H,8,14H2,1-2H3. The number of hydrogen-bond acceptors (Lipinski definition) is 6. The Morgan fingerprint density at radius 1 is 1.45 bits per heavy atom. The van der Waals surface area contributed by atoms with Crippen molar-refractivity contribution in [3.8, 4) is 0 Å². The fourth-order valence-corrected chi connectivity index (χ4v) is 2.76. The van der Waals surface area contributed by atoms with Crippen LogP contribution in [-0.4, -0.2) is 33.6 Å². The van der Waals surface area contributed by atoms with Gasteiger partial charge >= 0.3 is 5.97 Å². The first kappa shape index (κ1) is 14.5. The maximum Gasteiger partial charge on any atom is 0.331 e. The van der Waals surface area contributed by atoms with Crippen molar-refractivity contribution >= 4 is 17.7 Å². The predicted molar refractivity (Wildman–Crippen MR) is 76.1 cm³/mol. The second-order valence-electron chi connectivity index (χ2n) is 4.34. The van der Waals surface area contributed by atoms with Crippen LogP contribution >= 0.6 is 11.8 Å². The molecular formula is C13H16N4O2S. The maximum atomic E-state index is 12.1. The minimum absolute atomic E-state index is 0.316. The van der Waals surface area contributed by atoms with Gasteiger partial charge in [-0.05, 0) is 5.56 Å². The van der Waals surface area contributed by atoms with Crippen LogP contribution in [0, 0.1) is 0 Å². The van der Waals surface area contributed by atoms with Crippen molar-refractivity contribution in [2.45, 2.75) is 10.7 Å². The number of aryl methyl sites for hydroxylation is 1. The minimum atomic E-state index is -1.22. The molecule has 1 atom stereocenters. The Bertz CT molecular complexity index is 587. The summed E-state index contributed by atoms with van der Waals surface area (Å²) >= 11 is 1.36. The molecule has 0 aliphatic rings. The number of carbonyl (C=O) groups excluding carboxylic acids is 1. The van der Waals surface area contributed by atoms with Gasteiger partial charge in [0.1, 0.15) is 11.9 Å². The first-order chi connectivity index (χ1) is 9.58. The van der Waals surface area contributed by atoms with Gasteiger partial charge in [-0.15, -0.1) is 10.2 Å². The molecule has 0 fully saturated rings. The molecule has 1 unspecified atom stereocenters. The smallest absolute Gasteiger partial charge is 0.331 e. The van der Waals surface area contributed by atoms with Crippen LogP contribution in [0.15, 0.2) is 41.8 Å². The zero-order valence-electron chi connectivity index (χ0n) is 11.3. The highest BCUT2D eigenvalue weighted by atomic mass is 32.2. The van der Waals surface area contributed by atoms with Gasteiger partial charge in [0.25, 0.3) is 0 Å². The highest BCUT2D eigenvalue weighted by Gasteiger charge is 2.37. The molecule has 0 radical (unpaired) electrons. The zero-order chi connectivity index (χ0) is 14.6. The number of rotatable bonds is 5. The molecule has 2 N–H and O–H groups in total. The molecule has 0 aliphatic heterocycles. The Labute approximate surface area is 121 Å². The van der Waals surface area contributed by atoms with Crippen molar-refractivity contribution in [3.05, 3.63) is 42.2 Å². The summed E-state index contributed by atoms with van der Waals surface area (Å²) in [5.74, 6) is -0.158. The number of aromatic nitrogens is 3. The van der Waals surface area contributed by atoms with Crippen molar-refractivity contribution in [3.63, 3.8) is 0 Å². The van der Waals surface area contributed by atoms with Gasteiger partial charge < -0.3 is 15.0 Å². The van der Waals surface area contributed by atoms with Gasteiger partial charge in [0.05, 0.1) is 7.11 Å². The van der Waals surface area contributed by atoms with E-state index in [0.717, 1.165) is 0 Å². The number of nitrogens with two attached hydrogens (primary N) is 1. The highest BCUT2D eigenvalue weighted by molar-refractivity contribution is 7.99. The molecule has 106 valence electrons. The molecule has 20 heavy (non-hydrogen) atoms. The van der Waals surface area contributed by atoms with Crippen molar-refractivity contribution in [2.75, 3.05) is 12.9 Å².